The van der Waals surface area contributed by atoms with Gasteiger partial charge in [-0.1, -0.05) is 0 Å². The van der Waals surface area contributed by atoms with Crippen molar-refractivity contribution in [3.8, 4) is 5.75 Å². The van der Waals surface area contributed by atoms with E-state index in [1.54, 1.807) is 11.3 Å². The van der Waals surface area contributed by atoms with E-state index in [0.717, 1.165) is 17.6 Å². The van der Waals surface area contributed by atoms with E-state index >= 15 is 0 Å². The first-order valence-corrected chi connectivity index (χ1v) is 7.68. The largest absolute Gasteiger partial charge is 0.487 e. The molecule has 2 N–H and O–H groups in total. The maximum Gasteiger partial charge on any atom is 0.135 e. The highest BCUT2D eigenvalue weighted by molar-refractivity contribution is 7.10. The molecule has 4 atom stereocenters. The average Bonchev–Trinajstić information content (AvgIpc) is 3.02. The molecule has 4 unspecified atom stereocenters. The Hall–Kier alpha value is -0.580. The average molecular weight is 266 g/mol. The predicted molar refractivity (Wildman–Crippen MR) is 74.9 cm³/mol. The molecule has 2 aliphatic rings. The highest BCUT2D eigenvalue weighted by atomic mass is 32.1. The zero-order valence-corrected chi connectivity index (χ0v) is 12.0. The van der Waals surface area contributed by atoms with Crippen LogP contribution in [0.5, 0.6) is 5.75 Å². The van der Waals surface area contributed by atoms with Crippen molar-refractivity contribution in [2.75, 3.05) is 14.1 Å². The number of rotatable bonds is 4. The molecule has 1 heterocycles. The Labute approximate surface area is 113 Å². The van der Waals surface area contributed by atoms with Crippen LogP contribution in [0.15, 0.2) is 11.4 Å². The maximum absolute atomic E-state index is 6.33. The molecule has 100 valence electrons. The summed E-state index contributed by atoms with van der Waals surface area (Å²) in [5, 5.41) is 2.08. The monoisotopic (exact) mass is 266 g/mol. The van der Waals surface area contributed by atoms with Gasteiger partial charge < -0.3 is 15.4 Å². The van der Waals surface area contributed by atoms with Gasteiger partial charge in [0.25, 0.3) is 0 Å². The summed E-state index contributed by atoms with van der Waals surface area (Å²) < 4.78 is 6.33. The van der Waals surface area contributed by atoms with E-state index in [1.165, 1.54) is 24.1 Å². The predicted octanol–water partition coefficient (Wildman–Crippen LogP) is 2.31. The molecule has 2 bridgehead atoms. The minimum atomic E-state index is 0.360. The second kappa shape index (κ2) is 4.83. The van der Waals surface area contributed by atoms with Crippen LogP contribution in [0.25, 0.3) is 0 Å². The molecule has 4 heteroatoms. The van der Waals surface area contributed by atoms with Crippen molar-refractivity contribution in [3.63, 3.8) is 0 Å². The fourth-order valence-electron chi connectivity index (χ4n) is 3.82. The Morgan fingerprint density at radius 2 is 2.17 bits per heavy atom. The van der Waals surface area contributed by atoms with E-state index in [2.05, 4.69) is 30.4 Å². The first kappa shape index (κ1) is 12.5. The highest BCUT2D eigenvalue weighted by Gasteiger charge is 2.50. The minimum Gasteiger partial charge on any atom is -0.487 e. The maximum atomic E-state index is 6.33. The van der Waals surface area contributed by atoms with Crippen molar-refractivity contribution in [2.45, 2.75) is 38.0 Å². The Kier molecular flexibility index (Phi) is 3.34. The number of nitrogens with zero attached hydrogens (tertiary/aromatic N) is 1. The van der Waals surface area contributed by atoms with Crippen LogP contribution in [0, 0.1) is 11.8 Å². The van der Waals surface area contributed by atoms with E-state index in [1.807, 2.05) is 0 Å². The number of thiophene rings is 1. The van der Waals surface area contributed by atoms with Crippen molar-refractivity contribution < 1.29 is 4.74 Å². The van der Waals surface area contributed by atoms with Crippen LogP contribution in [0.2, 0.25) is 0 Å². The summed E-state index contributed by atoms with van der Waals surface area (Å²) in [5.41, 5.74) is 5.76. The summed E-state index contributed by atoms with van der Waals surface area (Å²) >= 11 is 1.70. The Morgan fingerprint density at radius 1 is 1.39 bits per heavy atom. The van der Waals surface area contributed by atoms with E-state index in [9.17, 15) is 0 Å². The normalized spacial score (nSPS) is 34.4. The molecular formula is C14H22N2OS. The second-order valence-corrected chi connectivity index (χ2v) is 6.78. The van der Waals surface area contributed by atoms with Gasteiger partial charge in [-0.15, -0.1) is 11.3 Å². The van der Waals surface area contributed by atoms with Gasteiger partial charge in [0.15, 0.2) is 0 Å². The molecule has 3 rings (SSSR count). The van der Waals surface area contributed by atoms with Gasteiger partial charge in [-0.3, -0.25) is 0 Å². The summed E-state index contributed by atoms with van der Waals surface area (Å²) in [5.74, 6) is 2.59. The van der Waals surface area contributed by atoms with Gasteiger partial charge in [-0.2, -0.15) is 0 Å². The zero-order chi connectivity index (χ0) is 12.7. The molecule has 0 aromatic carbocycles. The standard InChI is InChI=1S/C14H22N2OS/c1-16(2)13-9-3-4-10(7-9)14(13)17-11-5-6-18-12(11)8-15/h5-6,9-10,13-14H,3-4,7-8,15H2,1-2H3. The van der Waals surface area contributed by atoms with Crippen molar-refractivity contribution in [1.82, 2.24) is 4.90 Å². The zero-order valence-electron chi connectivity index (χ0n) is 11.1. The molecule has 2 aliphatic carbocycles. The third-order valence-electron chi connectivity index (χ3n) is 4.55. The molecule has 0 spiro atoms. The van der Waals surface area contributed by atoms with Crippen LogP contribution >= 0.6 is 11.3 Å². The molecule has 2 fully saturated rings. The summed E-state index contributed by atoms with van der Waals surface area (Å²) in [6.07, 6.45) is 4.41. The van der Waals surface area contributed by atoms with Gasteiger partial charge in [0.05, 0.1) is 4.88 Å². The quantitative estimate of drug-likeness (QED) is 0.909. The number of ether oxygens (including phenoxy) is 1. The number of hydrogen-bond donors (Lipinski definition) is 1. The minimum absolute atomic E-state index is 0.360. The van der Waals surface area contributed by atoms with E-state index in [0.29, 0.717) is 18.7 Å². The molecule has 1 aromatic rings. The third-order valence-corrected chi connectivity index (χ3v) is 5.47. The molecule has 3 nitrogen and oxygen atoms in total. The lowest BCUT2D eigenvalue weighted by Gasteiger charge is -2.35. The molecular weight excluding hydrogens is 244 g/mol. The molecule has 1 aromatic heterocycles. The van der Waals surface area contributed by atoms with Crippen LogP contribution in [0.4, 0.5) is 0 Å². The van der Waals surface area contributed by atoms with Crippen molar-refractivity contribution in [1.29, 1.82) is 0 Å². The van der Waals surface area contributed by atoms with Crippen molar-refractivity contribution in [3.05, 3.63) is 16.3 Å². The highest BCUT2D eigenvalue weighted by Crippen LogP contribution is 2.48. The van der Waals surface area contributed by atoms with E-state index in [4.69, 9.17) is 10.5 Å². The number of likely N-dealkylation sites (N-methyl/N-ethyl adjacent to an activating group) is 1. The van der Waals surface area contributed by atoms with Gasteiger partial charge >= 0.3 is 0 Å². The van der Waals surface area contributed by atoms with Gasteiger partial charge in [-0.05, 0) is 56.6 Å². The summed E-state index contributed by atoms with van der Waals surface area (Å²) in [6.45, 7) is 0.584. The summed E-state index contributed by atoms with van der Waals surface area (Å²) in [7, 11) is 4.36. The third kappa shape index (κ3) is 1.96. The Bertz CT molecular complexity index is 418. The van der Waals surface area contributed by atoms with Crippen LogP contribution in [-0.2, 0) is 6.54 Å². The summed E-state index contributed by atoms with van der Waals surface area (Å²) in [4.78, 5) is 3.53. The van der Waals surface area contributed by atoms with E-state index < -0.39 is 0 Å². The fourth-order valence-corrected chi connectivity index (χ4v) is 4.50. The van der Waals surface area contributed by atoms with Crippen LogP contribution < -0.4 is 10.5 Å². The lowest BCUT2D eigenvalue weighted by Crippen LogP contribution is -2.46. The topological polar surface area (TPSA) is 38.5 Å². The SMILES string of the molecule is CN(C)C1C2CCC(C2)C1Oc1ccsc1CN. The van der Waals surface area contributed by atoms with Crippen LogP contribution in [-0.4, -0.2) is 31.1 Å². The van der Waals surface area contributed by atoms with Gasteiger partial charge in [0, 0.05) is 12.6 Å². The lowest BCUT2D eigenvalue weighted by molar-refractivity contribution is 0.0535. The number of hydrogen-bond acceptors (Lipinski definition) is 4. The molecule has 0 radical (unpaired) electrons. The summed E-state index contributed by atoms with van der Waals surface area (Å²) in [6, 6.07) is 2.65. The van der Waals surface area contributed by atoms with E-state index in [-0.39, 0.29) is 0 Å². The van der Waals surface area contributed by atoms with Crippen LogP contribution in [0.1, 0.15) is 24.1 Å². The Morgan fingerprint density at radius 3 is 2.89 bits per heavy atom. The van der Waals surface area contributed by atoms with Gasteiger partial charge in [-0.25, -0.2) is 0 Å². The fraction of sp³-hybridized carbons (Fsp3) is 0.714. The second-order valence-electron chi connectivity index (χ2n) is 5.78. The van der Waals surface area contributed by atoms with Crippen molar-refractivity contribution >= 4 is 11.3 Å². The Balaban J connectivity index is 1.79. The number of nitrogens with two attached hydrogens (primary N) is 1. The lowest BCUT2D eigenvalue weighted by atomic mass is 9.91. The molecule has 0 amide bonds. The first-order chi connectivity index (χ1) is 8.70. The molecule has 18 heavy (non-hydrogen) atoms. The van der Waals surface area contributed by atoms with Crippen LogP contribution in [0.3, 0.4) is 0 Å². The number of fused-ring (bicyclic) bond motifs is 2. The van der Waals surface area contributed by atoms with Gasteiger partial charge in [0.1, 0.15) is 11.9 Å². The van der Waals surface area contributed by atoms with Crippen molar-refractivity contribution in [2.24, 2.45) is 17.6 Å². The van der Waals surface area contributed by atoms with Gasteiger partial charge in [0.2, 0.25) is 0 Å². The molecule has 0 saturated heterocycles. The smallest absolute Gasteiger partial charge is 0.135 e. The molecule has 0 aliphatic heterocycles. The first-order valence-electron chi connectivity index (χ1n) is 6.80. The molecule has 2 saturated carbocycles.